The van der Waals surface area contributed by atoms with Crippen LogP contribution in [0.25, 0.3) is 0 Å². The van der Waals surface area contributed by atoms with E-state index >= 15 is 0 Å². The van der Waals surface area contributed by atoms with Crippen molar-refractivity contribution in [2.24, 2.45) is 5.92 Å². The van der Waals surface area contributed by atoms with Gasteiger partial charge in [-0.15, -0.1) is 0 Å². The molecule has 0 spiro atoms. The van der Waals surface area contributed by atoms with Gasteiger partial charge in [-0.2, -0.15) is 0 Å². The summed E-state index contributed by atoms with van der Waals surface area (Å²) in [6.45, 7) is 5.76. The van der Waals surface area contributed by atoms with Crippen molar-refractivity contribution in [1.29, 1.82) is 0 Å². The lowest BCUT2D eigenvalue weighted by atomic mass is 9.90. The molecule has 0 radical (unpaired) electrons. The van der Waals surface area contributed by atoms with Gasteiger partial charge in [0, 0.05) is 11.5 Å². The largest absolute Gasteiger partial charge is 0.455 e. The van der Waals surface area contributed by atoms with Gasteiger partial charge in [0.25, 0.3) is 0 Å². The van der Waals surface area contributed by atoms with Gasteiger partial charge in [0.15, 0.2) is 0 Å². The molecule has 1 heterocycles. The van der Waals surface area contributed by atoms with Crippen molar-refractivity contribution in [1.82, 2.24) is 0 Å². The Bertz CT molecular complexity index is 232. The topological polar surface area (TPSA) is 26.3 Å². The minimum Gasteiger partial charge on any atom is -0.455 e. The SMILES string of the molecule is C=C1C(=O)O[C@@]2(C)CCC[C@@H]12. The van der Waals surface area contributed by atoms with Crippen LogP contribution in [0.3, 0.4) is 0 Å². The molecule has 0 N–H and O–H groups in total. The maximum Gasteiger partial charge on any atom is 0.334 e. The quantitative estimate of drug-likeness (QED) is 0.390. The molecule has 0 aromatic heterocycles. The smallest absolute Gasteiger partial charge is 0.334 e. The Hall–Kier alpha value is -0.790. The zero-order valence-electron chi connectivity index (χ0n) is 6.72. The predicted octanol–water partition coefficient (Wildman–Crippen LogP) is 1.66. The Kier molecular flexibility index (Phi) is 1.17. The minimum atomic E-state index is -0.200. The predicted molar refractivity (Wildman–Crippen MR) is 41.0 cm³/mol. The average Bonchev–Trinajstić information content (AvgIpc) is 2.36. The normalized spacial score (nSPS) is 42.5. The van der Waals surface area contributed by atoms with E-state index in [1.807, 2.05) is 6.92 Å². The monoisotopic (exact) mass is 152 g/mol. The van der Waals surface area contributed by atoms with Crippen molar-refractivity contribution in [2.75, 3.05) is 0 Å². The number of fused-ring (bicyclic) bond motifs is 1. The van der Waals surface area contributed by atoms with Crippen molar-refractivity contribution in [2.45, 2.75) is 31.8 Å². The maximum atomic E-state index is 11.1. The molecule has 0 unspecified atom stereocenters. The molecule has 2 rings (SSSR count). The van der Waals surface area contributed by atoms with Gasteiger partial charge in [-0.1, -0.05) is 6.58 Å². The highest BCUT2D eigenvalue weighted by molar-refractivity contribution is 5.91. The molecule has 0 amide bonds. The Morgan fingerprint density at radius 3 is 3.09 bits per heavy atom. The number of esters is 1. The third-order valence-corrected chi connectivity index (χ3v) is 2.91. The van der Waals surface area contributed by atoms with Gasteiger partial charge in [-0.25, -0.2) is 4.79 Å². The van der Waals surface area contributed by atoms with Crippen LogP contribution in [0.2, 0.25) is 0 Å². The number of rotatable bonds is 0. The van der Waals surface area contributed by atoms with Crippen molar-refractivity contribution in [3.63, 3.8) is 0 Å². The second-order valence-electron chi connectivity index (χ2n) is 3.67. The number of carbonyl (C=O) groups is 1. The molecule has 1 aliphatic heterocycles. The van der Waals surface area contributed by atoms with Gasteiger partial charge in [0.05, 0.1) is 0 Å². The fourth-order valence-corrected chi connectivity index (χ4v) is 2.22. The fraction of sp³-hybridized carbons (Fsp3) is 0.667. The molecule has 11 heavy (non-hydrogen) atoms. The summed E-state index contributed by atoms with van der Waals surface area (Å²) in [5.41, 5.74) is 0.485. The van der Waals surface area contributed by atoms with E-state index in [0.29, 0.717) is 11.5 Å². The van der Waals surface area contributed by atoms with Crippen LogP contribution in [0.4, 0.5) is 0 Å². The zero-order valence-corrected chi connectivity index (χ0v) is 6.72. The van der Waals surface area contributed by atoms with Crippen LogP contribution < -0.4 is 0 Å². The number of hydrogen-bond acceptors (Lipinski definition) is 2. The van der Waals surface area contributed by atoms with E-state index in [1.165, 1.54) is 0 Å². The summed E-state index contributed by atoms with van der Waals surface area (Å²) in [7, 11) is 0. The molecule has 0 aromatic rings. The molecule has 1 saturated carbocycles. The number of hydrogen-bond donors (Lipinski definition) is 0. The molecular formula is C9H12O2. The maximum absolute atomic E-state index is 11.1. The summed E-state index contributed by atoms with van der Waals surface area (Å²) in [6.07, 6.45) is 3.23. The van der Waals surface area contributed by atoms with Crippen LogP contribution in [0, 0.1) is 5.92 Å². The highest BCUT2D eigenvalue weighted by Gasteiger charge is 2.50. The third-order valence-electron chi connectivity index (χ3n) is 2.91. The number of ether oxygens (including phenoxy) is 1. The van der Waals surface area contributed by atoms with Crippen molar-refractivity contribution in [3.8, 4) is 0 Å². The lowest BCUT2D eigenvalue weighted by Gasteiger charge is -2.20. The molecule has 1 saturated heterocycles. The van der Waals surface area contributed by atoms with Crippen LogP contribution in [0.5, 0.6) is 0 Å². The molecule has 2 atom stereocenters. The van der Waals surface area contributed by atoms with Crippen molar-refractivity contribution < 1.29 is 9.53 Å². The van der Waals surface area contributed by atoms with Crippen LogP contribution in [0.1, 0.15) is 26.2 Å². The molecule has 0 aromatic carbocycles. The molecule has 2 aliphatic rings. The summed E-state index contributed by atoms with van der Waals surface area (Å²) in [5, 5.41) is 0. The van der Waals surface area contributed by atoms with Crippen LogP contribution in [-0.4, -0.2) is 11.6 Å². The summed E-state index contributed by atoms with van der Waals surface area (Å²) in [5.74, 6) is 0.118. The first-order chi connectivity index (χ1) is 5.13. The second kappa shape index (κ2) is 1.87. The Morgan fingerprint density at radius 2 is 2.45 bits per heavy atom. The first kappa shape index (κ1) is 6.89. The van der Waals surface area contributed by atoms with Gasteiger partial charge in [-0.05, 0) is 26.2 Å². The van der Waals surface area contributed by atoms with Crippen LogP contribution >= 0.6 is 0 Å². The van der Waals surface area contributed by atoms with E-state index in [0.717, 1.165) is 19.3 Å². The first-order valence-corrected chi connectivity index (χ1v) is 4.06. The molecule has 2 heteroatoms. The Balaban J connectivity index is 2.35. The second-order valence-corrected chi connectivity index (χ2v) is 3.67. The lowest BCUT2D eigenvalue weighted by Crippen LogP contribution is -2.25. The van der Waals surface area contributed by atoms with Crippen LogP contribution in [0.15, 0.2) is 12.2 Å². The van der Waals surface area contributed by atoms with Crippen LogP contribution in [-0.2, 0) is 9.53 Å². The summed E-state index contributed by atoms with van der Waals surface area (Å²) in [6, 6.07) is 0. The summed E-state index contributed by atoms with van der Waals surface area (Å²) in [4.78, 5) is 11.1. The average molecular weight is 152 g/mol. The van der Waals surface area contributed by atoms with Gasteiger partial charge >= 0.3 is 5.97 Å². The molecule has 60 valence electrons. The highest BCUT2D eigenvalue weighted by Crippen LogP contribution is 2.47. The van der Waals surface area contributed by atoms with Crippen molar-refractivity contribution in [3.05, 3.63) is 12.2 Å². The van der Waals surface area contributed by atoms with Gasteiger partial charge in [-0.3, -0.25) is 0 Å². The van der Waals surface area contributed by atoms with E-state index in [4.69, 9.17) is 4.74 Å². The van der Waals surface area contributed by atoms with Crippen molar-refractivity contribution >= 4 is 5.97 Å². The Morgan fingerprint density at radius 1 is 1.73 bits per heavy atom. The third kappa shape index (κ3) is 0.753. The Labute approximate surface area is 66.2 Å². The van der Waals surface area contributed by atoms with E-state index in [1.54, 1.807) is 0 Å². The van der Waals surface area contributed by atoms with Gasteiger partial charge in [0.1, 0.15) is 5.60 Å². The number of carbonyl (C=O) groups excluding carboxylic acids is 1. The van der Waals surface area contributed by atoms with E-state index in [-0.39, 0.29) is 11.6 Å². The fourth-order valence-electron chi connectivity index (χ4n) is 2.22. The highest BCUT2D eigenvalue weighted by atomic mass is 16.6. The molecule has 0 bridgehead atoms. The van der Waals surface area contributed by atoms with E-state index in [2.05, 4.69) is 6.58 Å². The first-order valence-electron chi connectivity index (χ1n) is 4.06. The van der Waals surface area contributed by atoms with E-state index in [9.17, 15) is 4.79 Å². The molecular weight excluding hydrogens is 140 g/mol. The van der Waals surface area contributed by atoms with Gasteiger partial charge in [0.2, 0.25) is 0 Å². The molecule has 1 aliphatic carbocycles. The standard InChI is InChI=1S/C9H12O2/c1-6-7-4-3-5-9(7,2)11-8(6)10/h7H,1,3-5H2,2H3/t7-,9-/m0/s1. The molecule has 2 fully saturated rings. The minimum absolute atomic E-state index is 0.183. The molecule has 2 nitrogen and oxygen atoms in total. The van der Waals surface area contributed by atoms with Gasteiger partial charge < -0.3 is 4.74 Å². The summed E-state index contributed by atoms with van der Waals surface area (Å²) >= 11 is 0. The lowest BCUT2D eigenvalue weighted by molar-refractivity contribution is -0.145. The van der Waals surface area contributed by atoms with E-state index < -0.39 is 0 Å². The zero-order chi connectivity index (χ0) is 8.06. The summed E-state index contributed by atoms with van der Waals surface area (Å²) < 4.78 is 5.25.